The van der Waals surface area contributed by atoms with E-state index >= 15 is 0 Å². The van der Waals surface area contributed by atoms with Crippen molar-refractivity contribution < 1.29 is 13.2 Å². The predicted octanol–water partition coefficient (Wildman–Crippen LogP) is 2.75. The molecule has 0 bridgehead atoms. The van der Waals surface area contributed by atoms with E-state index in [0.717, 1.165) is 14.5 Å². The maximum Gasteiger partial charge on any atom is 0.243 e. The summed E-state index contributed by atoms with van der Waals surface area (Å²) in [7, 11) is -0.612. The first-order chi connectivity index (χ1) is 11.3. The van der Waals surface area contributed by atoms with Gasteiger partial charge in [0.1, 0.15) is 0 Å². The molecular formula is C16H18BrN3O3S. The number of carbonyl (C=O) groups is 1. The van der Waals surface area contributed by atoms with Crippen LogP contribution in [0.4, 0.5) is 11.4 Å². The Balaban J connectivity index is 2.02. The zero-order valence-corrected chi connectivity index (χ0v) is 15.7. The molecule has 0 radical (unpaired) electrons. The summed E-state index contributed by atoms with van der Waals surface area (Å²) in [5.74, 6) is -0.269. The molecule has 0 aliphatic rings. The summed E-state index contributed by atoms with van der Waals surface area (Å²) in [6.45, 7) is 0.0705. The van der Waals surface area contributed by atoms with Crippen LogP contribution in [0.1, 0.15) is 0 Å². The summed E-state index contributed by atoms with van der Waals surface area (Å²) in [6.07, 6.45) is 0. The van der Waals surface area contributed by atoms with Gasteiger partial charge in [-0.05, 0) is 36.4 Å². The average Bonchev–Trinajstić information content (AvgIpc) is 2.53. The highest BCUT2D eigenvalue weighted by atomic mass is 79.9. The van der Waals surface area contributed by atoms with Crippen LogP contribution in [0.25, 0.3) is 0 Å². The Labute approximate surface area is 150 Å². The number of carbonyl (C=O) groups excluding carboxylic acids is 1. The van der Waals surface area contributed by atoms with E-state index in [0.29, 0.717) is 5.69 Å². The van der Waals surface area contributed by atoms with Crippen molar-refractivity contribution in [3.8, 4) is 0 Å². The van der Waals surface area contributed by atoms with Gasteiger partial charge in [-0.15, -0.1) is 0 Å². The van der Waals surface area contributed by atoms with E-state index in [1.54, 1.807) is 12.1 Å². The van der Waals surface area contributed by atoms with Gasteiger partial charge in [-0.2, -0.15) is 0 Å². The second-order valence-corrected chi connectivity index (χ2v) is 8.29. The fourth-order valence-corrected chi connectivity index (χ4v) is 3.28. The van der Waals surface area contributed by atoms with E-state index in [4.69, 9.17) is 0 Å². The van der Waals surface area contributed by atoms with E-state index in [1.807, 2.05) is 24.3 Å². The molecule has 6 nitrogen and oxygen atoms in total. The number of nitrogens with zero attached hydrogens (tertiary/aromatic N) is 1. The van der Waals surface area contributed by atoms with Gasteiger partial charge in [0.25, 0.3) is 0 Å². The minimum Gasteiger partial charge on any atom is -0.376 e. The summed E-state index contributed by atoms with van der Waals surface area (Å²) in [6, 6.07) is 13.6. The monoisotopic (exact) mass is 411 g/mol. The summed E-state index contributed by atoms with van der Waals surface area (Å²) in [5.41, 5.74) is 1.24. The molecule has 1 amide bonds. The first kappa shape index (κ1) is 18.4. The van der Waals surface area contributed by atoms with E-state index in [2.05, 4.69) is 26.6 Å². The Kier molecular flexibility index (Phi) is 5.98. The molecule has 2 N–H and O–H groups in total. The van der Waals surface area contributed by atoms with Crippen molar-refractivity contribution in [2.75, 3.05) is 31.3 Å². The largest absolute Gasteiger partial charge is 0.376 e. The molecule has 0 unspecified atom stereocenters. The summed E-state index contributed by atoms with van der Waals surface area (Å²) in [4.78, 5) is 12.2. The van der Waals surface area contributed by atoms with Gasteiger partial charge in [0.2, 0.25) is 15.9 Å². The smallest absolute Gasteiger partial charge is 0.243 e. The van der Waals surface area contributed by atoms with Gasteiger partial charge in [-0.1, -0.05) is 28.1 Å². The molecule has 2 aromatic rings. The molecule has 0 atom stereocenters. The number of rotatable bonds is 6. The predicted molar refractivity (Wildman–Crippen MR) is 98.6 cm³/mol. The SMILES string of the molecule is CN(C)S(=O)(=O)c1cccc(NC(=O)CNc2cccc(Br)c2)c1. The number of benzene rings is 2. The molecule has 0 aliphatic carbocycles. The van der Waals surface area contributed by atoms with Crippen molar-refractivity contribution in [3.63, 3.8) is 0 Å². The second kappa shape index (κ2) is 7.78. The third kappa shape index (κ3) is 4.80. The molecule has 0 fully saturated rings. The number of hydrogen-bond donors (Lipinski definition) is 2. The number of amides is 1. The molecule has 0 saturated carbocycles. The van der Waals surface area contributed by atoms with E-state index in [9.17, 15) is 13.2 Å². The first-order valence-electron chi connectivity index (χ1n) is 7.11. The molecule has 128 valence electrons. The molecule has 0 aromatic heterocycles. The van der Waals surface area contributed by atoms with Crippen LogP contribution in [0.15, 0.2) is 57.9 Å². The maximum absolute atomic E-state index is 12.1. The second-order valence-electron chi connectivity index (χ2n) is 5.23. The van der Waals surface area contributed by atoms with Gasteiger partial charge in [0.05, 0.1) is 11.4 Å². The zero-order valence-electron chi connectivity index (χ0n) is 13.3. The van der Waals surface area contributed by atoms with Crippen molar-refractivity contribution in [2.45, 2.75) is 4.90 Å². The van der Waals surface area contributed by atoms with Gasteiger partial charge in [-0.25, -0.2) is 12.7 Å². The Bertz CT molecular complexity index is 838. The van der Waals surface area contributed by atoms with Crippen molar-refractivity contribution in [3.05, 3.63) is 53.0 Å². The lowest BCUT2D eigenvalue weighted by molar-refractivity contribution is -0.114. The normalized spacial score (nSPS) is 11.3. The molecule has 24 heavy (non-hydrogen) atoms. The van der Waals surface area contributed by atoms with Crippen LogP contribution in [0.3, 0.4) is 0 Å². The Morgan fingerprint density at radius 3 is 2.42 bits per heavy atom. The maximum atomic E-state index is 12.1. The lowest BCUT2D eigenvalue weighted by Gasteiger charge is -2.13. The number of nitrogens with one attached hydrogen (secondary N) is 2. The van der Waals surface area contributed by atoms with Crippen LogP contribution < -0.4 is 10.6 Å². The fourth-order valence-electron chi connectivity index (χ4n) is 1.93. The van der Waals surface area contributed by atoms with Crippen molar-refractivity contribution in [1.29, 1.82) is 0 Å². The van der Waals surface area contributed by atoms with Crippen molar-refractivity contribution in [1.82, 2.24) is 4.31 Å². The van der Waals surface area contributed by atoms with E-state index < -0.39 is 10.0 Å². The number of sulfonamides is 1. The molecular weight excluding hydrogens is 394 g/mol. The molecule has 0 spiro atoms. The van der Waals surface area contributed by atoms with E-state index in [-0.39, 0.29) is 17.3 Å². The van der Waals surface area contributed by atoms with Crippen molar-refractivity contribution >= 4 is 43.2 Å². The molecule has 0 aliphatic heterocycles. The molecule has 8 heteroatoms. The highest BCUT2D eigenvalue weighted by Crippen LogP contribution is 2.18. The Morgan fingerprint density at radius 2 is 1.75 bits per heavy atom. The van der Waals surface area contributed by atoms with Crippen LogP contribution in [-0.4, -0.2) is 39.3 Å². The average molecular weight is 412 g/mol. The standard InChI is InChI=1S/C16H18BrN3O3S/c1-20(2)24(22,23)15-8-4-7-14(10-15)19-16(21)11-18-13-6-3-5-12(17)9-13/h3-10,18H,11H2,1-2H3,(H,19,21). The van der Waals surface area contributed by atoms with E-state index in [1.165, 1.54) is 26.2 Å². The minimum atomic E-state index is -3.53. The zero-order chi connectivity index (χ0) is 17.7. The highest BCUT2D eigenvalue weighted by molar-refractivity contribution is 9.10. The van der Waals surface area contributed by atoms with Crippen LogP contribution in [-0.2, 0) is 14.8 Å². The summed E-state index contributed by atoms with van der Waals surface area (Å²) < 4.78 is 26.3. The lowest BCUT2D eigenvalue weighted by Crippen LogP contribution is -2.23. The lowest BCUT2D eigenvalue weighted by atomic mass is 10.3. The minimum absolute atomic E-state index is 0.0705. The molecule has 2 aromatic carbocycles. The highest BCUT2D eigenvalue weighted by Gasteiger charge is 2.17. The van der Waals surface area contributed by atoms with Gasteiger partial charge < -0.3 is 10.6 Å². The Hall–Kier alpha value is -1.90. The van der Waals surface area contributed by atoms with Crippen LogP contribution >= 0.6 is 15.9 Å². The molecule has 0 saturated heterocycles. The van der Waals surface area contributed by atoms with Crippen LogP contribution in [0.5, 0.6) is 0 Å². The quantitative estimate of drug-likeness (QED) is 0.765. The van der Waals surface area contributed by atoms with Gasteiger partial charge in [0, 0.05) is 29.9 Å². The van der Waals surface area contributed by atoms with Crippen LogP contribution in [0.2, 0.25) is 0 Å². The summed E-state index contributed by atoms with van der Waals surface area (Å²) >= 11 is 3.36. The third-order valence-electron chi connectivity index (χ3n) is 3.17. The third-order valence-corrected chi connectivity index (χ3v) is 5.48. The molecule has 0 heterocycles. The molecule has 2 rings (SSSR count). The van der Waals surface area contributed by atoms with Crippen LogP contribution in [0, 0.1) is 0 Å². The summed E-state index contributed by atoms with van der Waals surface area (Å²) in [5, 5.41) is 5.68. The first-order valence-corrected chi connectivity index (χ1v) is 9.34. The van der Waals surface area contributed by atoms with Gasteiger partial charge in [-0.3, -0.25) is 4.79 Å². The van der Waals surface area contributed by atoms with Gasteiger partial charge >= 0.3 is 0 Å². The fraction of sp³-hybridized carbons (Fsp3) is 0.188. The van der Waals surface area contributed by atoms with Gasteiger partial charge in [0.15, 0.2) is 0 Å². The van der Waals surface area contributed by atoms with Crippen molar-refractivity contribution in [2.24, 2.45) is 0 Å². The number of halogens is 1. The topological polar surface area (TPSA) is 78.5 Å². The Morgan fingerprint density at radius 1 is 1.08 bits per heavy atom. The number of hydrogen-bond acceptors (Lipinski definition) is 4. The number of anilines is 2.